The Morgan fingerprint density at radius 2 is 2.05 bits per heavy atom. The number of aldehydes is 1. The second kappa shape index (κ2) is 6.88. The molecule has 0 bridgehead atoms. The molecule has 0 aliphatic rings. The number of carbonyl (C=O) groups excluding carboxylic acids is 2. The van der Waals surface area contributed by atoms with E-state index in [9.17, 15) is 19.7 Å². The normalized spacial score (nSPS) is 12.2. The van der Waals surface area contributed by atoms with E-state index in [1.807, 2.05) is 0 Å². The van der Waals surface area contributed by atoms with Gasteiger partial charge in [0.2, 0.25) is 0 Å². The number of non-ortho nitro benzene ring substituents is 1. The second-order valence-electron chi connectivity index (χ2n) is 5.44. The van der Waals surface area contributed by atoms with Gasteiger partial charge in [0.25, 0.3) is 5.69 Å². The standard InChI is InChI=1S/C14H18N2O6/c1-14(2,3)22-13(18)15-11(8-17)10-7-9(16(19)20)5-6-12(10)21-4/h5-8,11H,1-4H3,(H,15,18). The van der Waals surface area contributed by atoms with Crippen molar-refractivity contribution in [1.29, 1.82) is 0 Å². The summed E-state index contributed by atoms with van der Waals surface area (Å²) in [5.74, 6) is 0.249. The van der Waals surface area contributed by atoms with E-state index in [0.29, 0.717) is 6.29 Å². The van der Waals surface area contributed by atoms with Gasteiger partial charge in [0.05, 0.1) is 12.0 Å². The van der Waals surface area contributed by atoms with Gasteiger partial charge in [0.1, 0.15) is 23.7 Å². The van der Waals surface area contributed by atoms with Crippen molar-refractivity contribution in [3.05, 3.63) is 33.9 Å². The lowest BCUT2D eigenvalue weighted by molar-refractivity contribution is -0.384. The molecule has 8 nitrogen and oxygen atoms in total. The highest BCUT2D eigenvalue weighted by molar-refractivity contribution is 5.75. The van der Waals surface area contributed by atoms with Gasteiger partial charge in [-0.15, -0.1) is 0 Å². The zero-order valence-electron chi connectivity index (χ0n) is 12.8. The molecular weight excluding hydrogens is 292 g/mol. The number of rotatable bonds is 5. The molecule has 22 heavy (non-hydrogen) atoms. The van der Waals surface area contributed by atoms with Gasteiger partial charge in [-0.05, 0) is 26.8 Å². The van der Waals surface area contributed by atoms with Crippen molar-refractivity contribution in [1.82, 2.24) is 5.32 Å². The number of nitrogens with zero attached hydrogens (tertiary/aromatic N) is 1. The highest BCUT2D eigenvalue weighted by Gasteiger charge is 2.24. The van der Waals surface area contributed by atoms with Gasteiger partial charge in [-0.25, -0.2) is 4.79 Å². The number of hydrogen-bond acceptors (Lipinski definition) is 6. The summed E-state index contributed by atoms with van der Waals surface area (Å²) >= 11 is 0. The van der Waals surface area contributed by atoms with Crippen LogP contribution in [-0.4, -0.2) is 30.0 Å². The van der Waals surface area contributed by atoms with Crippen LogP contribution in [0.25, 0.3) is 0 Å². The van der Waals surface area contributed by atoms with E-state index in [1.54, 1.807) is 20.8 Å². The van der Waals surface area contributed by atoms with Crippen molar-refractivity contribution < 1.29 is 24.0 Å². The van der Waals surface area contributed by atoms with E-state index in [0.717, 1.165) is 0 Å². The average Bonchev–Trinajstić information content (AvgIpc) is 2.42. The van der Waals surface area contributed by atoms with Crippen LogP contribution in [0.4, 0.5) is 10.5 Å². The Morgan fingerprint density at radius 1 is 1.41 bits per heavy atom. The number of amides is 1. The monoisotopic (exact) mass is 310 g/mol. The summed E-state index contributed by atoms with van der Waals surface area (Å²) in [7, 11) is 1.36. The van der Waals surface area contributed by atoms with Crippen molar-refractivity contribution in [2.75, 3.05) is 7.11 Å². The number of benzene rings is 1. The maximum absolute atomic E-state index is 11.8. The van der Waals surface area contributed by atoms with Crippen LogP contribution in [0, 0.1) is 10.1 Å². The molecule has 0 radical (unpaired) electrons. The second-order valence-corrected chi connectivity index (χ2v) is 5.44. The van der Waals surface area contributed by atoms with Crippen LogP contribution in [0.15, 0.2) is 18.2 Å². The maximum Gasteiger partial charge on any atom is 0.408 e. The van der Waals surface area contributed by atoms with Crippen molar-refractivity contribution >= 4 is 18.1 Å². The fourth-order valence-corrected chi connectivity index (χ4v) is 1.70. The third-order valence-corrected chi connectivity index (χ3v) is 2.57. The van der Waals surface area contributed by atoms with E-state index in [1.165, 1.54) is 25.3 Å². The Bertz CT molecular complexity index is 579. The molecule has 1 amide bonds. The number of nitro groups is 1. The zero-order valence-corrected chi connectivity index (χ0v) is 12.8. The lowest BCUT2D eigenvalue weighted by Crippen LogP contribution is -2.35. The predicted octanol–water partition coefficient (Wildman–Crippen LogP) is 2.37. The van der Waals surface area contributed by atoms with Gasteiger partial charge < -0.3 is 19.6 Å². The molecule has 1 atom stereocenters. The molecule has 0 aromatic heterocycles. The highest BCUT2D eigenvalue weighted by Crippen LogP contribution is 2.28. The molecule has 0 spiro atoms. The lowest BCUT2D eigenvalue weighted by atomic mass is 10.1. The largest absolute Gasteiger partial charge is 0.496 e. The molecule has 0 saturated heterocycles. The molecule has 0 aliphatic carbocycles. The zero-order chi connectivity index (χ0) is 16.9. The first-order chi connectivity index (χ1) is 10.2. The summed E-state index contributed by atoms with van der Waals surface area (Å²) in [4.78, 5) is 33.3. The van der Waals surface area contributed by atoms with Crippen LogP contribution < -0.4 is 10.1 Å². The number of ether oxygens (including phenoxy) is 2. The first-order valence-corrected chi connectivity index (χ1v) is 6.45. The van der Waals surface area contributed by atoms with Crippen molar-refractivity contribution in [3.63, 3.8) is 0 Å². The van der Waals surface area contributed by atoms with Crippen molar-refractivity contribution in [2.24, 2.45) is 0 Å². The third kappa shape index (κ3) is 4.72. The summed E-state index contributed by atoms with van der Waals surface area (Å²) in [6, 6.07) is 2.66. The number of nitro benzene ring substituents is 1. The van der Waals surface area contributed by atoms with Crippen LogP contribution in [0.3, 0.4) is 0 Å². The molecule has 1 rings (SSSR count). The minimum Gasteiger partial charge on any atom is -0.496 e. The van der Waals surface area contributed by atoms with E-state index < -0.39 is 22.7 Å². The van der Waals surface area contributed by atoms with E-state index in [2.05, 4.69) is 5.32 Å². The Morgan fingerprint density at radius 3 is 2.50 bits per heavy atom. The Labute approximate surface area is 127 Å². The molecule has 1 N–H and O–H groups in total. The smallest absolute Gasteiger partial charge is 0.408 e. The number of alkyl carbamates (subject to hydrolysis) is 1. The van der Waals surface area contributed by atoms with Crippen LogP contribution in [0.2, 0.25) is 0 Å². The van der Waals surface area contributed by atoms with Crippen LogP contribution in [0.1, 0.15) is 32.4 Å². The third-order valence-electron chi connectivity index (χ3n) is 2.57. The van der Waals surface area contributed by atoms with Crippen molar-refractivity contribution in [2.45, 2.75) is 32.4 Å². The fraction of sp³-hybridized carbons (Fsp3) is 0.429. The SMILES string of the molecule is COc1ccc([N+](=O)[O-])cc1C(C=O)NC(=O)OC(C)(C)C. The minimum atomic E-state index is -1.12. The number of carbonyl (C=O) groups is 2. The summed E-state index contributed by atoms with van der Waals surface area (Å²) in [5.41, 5.74) is -0.768. The molecule has 0 aliphatic heterocycles. The highest BCUT2D eigenvalue weighted by atomic mass is 16.6. The van der Waals surface area contributed by atoms with Gasteiger partial charge in [0, 0.05) is 17.7 Å². The maximum atomic E-state index is 11.8. The summed E-state index contributed by atoms with van der Waals surface area (Å²) < 4.78 is 10.1. The van der Waals surface area contributed by atoms with Crippen LogP contribution in [-0.2, 0) is 9.53 Å². The molecule has 1 aromatic carbocycles. The van der Waals surface area contributed by atoms with Crippen LogP contribution in [0.5, 0.6) is 5.75 Å². The minimum absolute atomic E-state index is 0.178. The fourth-order valence-electron chi connectivity index (χ4n) is 1.70. The van der Waals surface area contributed by atoms with Crippen molar-refractivity contribution in [3.8, 4) is 5.75 Å². The molecule has 1 aromatic rings. The number of hydrogen-bond donors (Lipinski definition) is 1. The van der Waals surface area contributed by atoms with E-state index >= 15 is 0 Å². The molecular formula is C14H18N2O6. The molecule has 0 fully saturated rings. The first kappa shape index (κ1) is 17.4. The average molecular weight is 310 g/mol. The van der Waals surface area contributed by atoms with Gasteiger partial charge in [-0.2, -0.15) is 0 Å². The lowest BCUT2D eigenvalue weighted by Gasteiger charge is -2.22. The van der Waals surface area contributed by atoms with Gasteiger partial charge >= 0.3 is 6.09 Å². The Balaban J connectivity index is 3.08. The molecule has 120 valence electrons. The number of methoxy groups -OCH3 is 1. The van der Waals surface area contributed by atoms with Gasteiger partial charge in [0.15, 0.2) is 0 Å². The van der Waals surface area contributed by atoms with Gasteiger partial charge in [-0.3, -0.25) is 10.1 Å². The van der Waals surface area contributed by atoms with E-state index in [-0.39, 0.29) is 17.0 Å². The van der Waals surface area contributed by atoms with E-state index in [4.69, 9.17) is 9.47 Å². The predicted molar refractivity (Wildman–Crippen MR) is 77.8 cm³/mol. The van der Waals surface area contributed by atoms with Crippen LogP contribution >= 0.6 is 0 Å². The molecule has 0 heterocycles. The summed E-state index contributed by atoms with van der Waals surface area (Å²) in [6.07, 6.45) is -0.357. The molecule has 1 unspecified atom stereocenters. The Hall–Kier alpha value is -2.64. The molecule has 0 saturated carbocycles. The topological polar surface area (TPSA) is 108 Å². The first-order valence-electron chi connectivity index (χ1n) is 6.45. The quantitative estimate of drug-likeness (QED) is 0.508. The summed E-state index contributed by atoms with van der Waals surface area (Å²) in [5, 5.41) is 13.2. The molecule has 8 heteroatoms. The summed E-state index contributed by atoms with van der Waals surface area (Å²) in [6.45, 7) is 5.03. The van der Waals surface area contributed by atoms with Gasteiger partial charge in [-0.1, -0.05) is 0 Å². The number of nitrogens with one attached hydrogen (secondary N) is 1. The Kier molecular flexibility index (Phi) is 5.44.